The van der Waals surface area contributed by atoms with Gasteiger partial charge in [0.1, 0.15) is 0 Å². The first-order chi connectivity index (χ1) is 6.17. The number of hydrogen-bond donors (Lipinski definition) is 2. The Morgan fingerprint density at radius 2 is 2.08 bits per heavy atom. The lowest BCUT2D eigenvalue weighted by atomic mass is 10.5. The van der Waals surface area contributed by atoms with Crippen LogP contribution in [0.3, 0.4) is 0 Å². The van der Waals surface area contributed by atoms with Gasteiger partial charge in [0.05, 0.1) is 14.2 Å². The highest BCUT2D eigenvalue weighted by Crippen LogP contribution is 1.91. The van der Waals surface area contributed by atoms with Gasteiger partial charge in [-0.2, -0.15) is 0 Å². The average Bonchev–Trinajstić information content (AvgIpc) is 2.17. The molecule has 0 radical (unpaired) electrons. The van der Waals surface area contributed by atoms with Gasteiger partial charge in [-0.15, -0.1) is 10.3 Å². The van der Waals surface area contributed by atoms with Crippen molar-refractivity contribution in [2.24, 2.45) is 5.84 Å². The largest absolute Gasteiger partial charge is 0.398 e. The molecule has 0 aliphatic carbocycles. The third kappa shape index (κ3) is 4.04. The Morgan fingerprint density at radius 3 is 2.46 bits per heavy atom. The molecule has 0 aliphatic rings. The minimum atomic E-state index is -0.626. The minimum absolute atomic E-state index is 0.562. The summed E-state index contributed by atoms with van der Waals surface area (Å²) in [5.74, 6) is 5.16. The summed E-state index contributed by atoms with van der Waals surface area (Å²) in [4.78, 5) is 20.4. The Kier molecular flexibility index (Phi) is 6.15. The lowest BCUT2D eigenvalue weighted by molar-refractivity contribution is -0.177. The number of hydroxylamine groups is 2. The van der Waals surface area contributed by atoms with Crippen LogP contribution in [0.4, 0.5) is 4.79 Å². The second-order valence-corrected chi connectivity index (χ2v) is 2.18. The van der Waals surface area contributed by atoms with E-state index in [2.05, 4.69) is 10.3 Å². The van der Waals surface area contributed by atoms with Crippen LogP contribution in [0.25, 0.3) is 0 Å². The summed E-state index contributed by atoms with van der Waals surface area (Å²) >= 11 is 0. The molecule has 2 amide bonds. The monoisotopic (exact) mass is 192 g/mol. The van der Waals surface area contributed by atoms with Crippen LogP contribution in [0.15, 0.2) is 0 Å². The number of carbonyl (C=O) groups is 1. The highest BCUT2D eigenvalue weighted by molar-refractivity contribution is 5.70. The molecule has 0 saturated heterocycles. The van der Waals surface area contributed by atoms with Gasteiger partial charge < -0.3 is 0 Å². The summed E-state index contributed by atoms with van der Waals surface area (Å²) in [6.45, 7) is 2.57. The van der Waals surface area contributed by atoms with Crippen LogP contribution >= 0.6 is 0 Å². The minimum Gasteiger partial charge on any atom is -0.257 e. The van der Waals surface area contributed by atoms with Crippen molar-refractivity contribution in [3.63, 3.8) is 0 Å². The van der Waals surface area contributed by atoms with E-state index in [1.807, 2.05) is 6.92 Å². The maximum absolute atomic E-state index is 11.2. The topological polar surface area (TPSA) is 80.1 Å². The molecule has 0 bridgehead atoms. The van der Waals surface area contributed by atoms with Gasteiger partial charge in [-0.1, -0.05) is 6.92 Å². The number of urea groups is 1. The predicted octanol–water partition coefficient (Wildman–Crippen LogP) is -0.378. The first-order valence-corrected chi connectivity index (χ1v) is 3.88. The number of nitrogens with two attached hydrogens (primary N) is 1. The second kappa shape index (κ2) is 6.61. The highest BCUT2D eigenvalue weighted by atomic mass is 16.8. The highest BCUT2D eigenvalue weighted by Gasteiger charge is 2.17. The summed E-state index contributed by atoms with van der Waals surface area (Å²) in [7, 11) is 2.63. The quantitative estimate of drug-likeness (QED) is 0.352. The number of nitrogens with zero attached hydrogens (tertiary/aromatic N) is 2. The van der Waals surface area contributed by atoms with Gasteiger partial charge in [-0.3, -0.25) is 9.68 Å². The third-order valence-electron chi connectivity index (χ3n) is 1.25. The number of hydrazine groups is 2. The predicted molar refractivity (Wildman–Crippen MR) is 45.6 cm³/mol. The van der Waals surface area contributed by atoms with Crippen molar-refractivity contribution >= 4 is 6.03 Å². The van der Waals surface area contributed by atoms with Crippen LogP contribution in [0.5, 0.6) is 0 Å². The van der Waals surface area contributed by atoms with Gasteiger partial charge >= 0.3 is 6.03 Å². The molecule has 0 rings (SSSR count). The van der Waals surface area contributed by atoms with E-state index < -0.39 is 6.03 Å². The molecule has 0 unspecified atom stereocenters. The molecule has 0 fully saturated rings. The fourth-order valence-electron chi connectivity index (χ4n) is 0.591. The lowest BCUT2D eigenvalue weighted by Crippen LogP contribution is -2.51. The van der Waals surface area contributed by atoms with Crippen molar-refractivity contribution in [1.82, 2.24) is 15.8 Å². The smallest absolute Gasteiger partial charge is 0.257 e. The number of rotatable bonds is 5. The summed E-state index contributed by atoms with van der Waals surface area (Å²) < 4.78 is 0. The molecular formula is C6H16N4O3. The number of nitrogens with one attached hydrogen (secondary N) is 1. The van der Waals surface area contributed by atoms with Crippen molar-refractivity contribution in [1.29, 1.82) is 0 Å². The Morgan fingerprint density at radius 1 is 1.46 bits per heavy atom. The number of carbonyl (C=O) groups excluding carboxylic acids is 1. The molecule has 78 valence electrons. The fourth-order valence-corrected chi connectivity index (χ4v) is 0.591. The van der Waals surface area contributed by atoms with Crippen LogP contribution in [-0.2, 0) is 9.68 Å². The van der Waals surface area contributed by atoms with Crippen molar-refractivity contribution in [2.45, 2.75) is 13.3 Å². The van der Waals surface area contributed by atoms with E-state index in [4.69, 9.17) is 10.7 Å². The molecule has 7 heteroatoms. The van der Waals surface area contributed by atoms with Gasteiger partial charge in [0, 0.05) is 6.54 Å². The first-order valence-electron chi connectivity index (χ1n) is 3.88. The molecule has 0 aromatic rings. The van der Waals surface area contributed by atoms with Crippen molar-refractivity contribution < 1.29 is 14.5 Å². The molecule has 0 aromatic heterocycles. The van der Waals surface area contributed by atoms with E-state index in [-0.39, 0.29) is 0 Å². The van der Waals surface area contributed by atoms with E-state index in [9.17, 15) is 4.79 Å². The van der Waals surface area contributed by atoms with E-state index >= 15 is 0 Å². The Hall–Kier alpha value is -0.890. The molecule has 0 aliphatic heterocycles. The fraction of sp³-hybridized carbons (Fsp3) is 0.833. The van der Waals surface area contributed by atoms with Gasteiger partial charge in [-0.25, -0.2) is 16.1 Å². The summed E-state index contributed by atoms with van der Waals surface area (Å²) in [5, 5.41) is 1.46. The van der Waals surface area contributed by atoms with Crippen molar-refractivity contribution in [2.75, 3.05) is 20.8 Å². The van der Waals surface area contributed by atoms with Crippen LogP contribution in [0.1, 0.15) is 13.3 Å². The number of amides is 2. The molecular weight excluding hydrogens is 176 g/mol. The lowest BCUT2D eigenvalue weighted by Gasteiger charge is -2.23. The van der Waals surface area contributed by atoms with Crippen LogP contribution in [-0.4, -0.2) is 37.1 Å². The van der Waals surface area contributed by atoms with Gasteiger partial charge in [0.2, 0.25) is 0 Å². The molecule has 0 atom stereocenters. The molecule has 0 saturated carbocycles. The Balaban J connectivity index is 3.98. The summed E-state index contributed by atoms with van der Waals surface area (Å²) in [5.41, 5.74) is 2.69. The number of hydrogen-bond acceptors (Lipinski definition) is 5. The standard InChI is InChI=1S/C6H16N4O3/c1-4-5-8-10(13-3)6(11)9(7)12-2/h8H,4-5,7H2,1-3H3. The normalized spacial score (nSPS) is 9.85. The van der Waals surface area contributed by atoms with Gasteiger partial charge in [0.15, 0.2) is 0 Å². The van der Waals surface area contributed by atoms with Crippen LogP contribution < -0.4 is 11.3 Å². The SMILES string of the molecule is CCCNN(OC)C(=O)N(N)OC. The van der Waals surface area contributed by atoms with E-state index in [1.54, 1.807) is 0 Å². The first kappa shape index (κ1) is 12.1. The molecule has 7 nitrogen and oxygen atoms in total. The maximum Gasteiger partial charge on any atom is 0.398 e. The van der Waals surface area contributed by atoms with E-state index in [0.29, 0.717) is 11.7 Å². The zero-order chi connectivity index (χ0) is 10.3. The van der Waals surface area contributed by atoms with E-state index in [1.165, 1.54) is 14.2 Å². The average molecular weight is 192 g/mol. The zero-order valence-electron chi connectivity index (χ0n) is 8.11. The Labute approximate surface area is 77.2 Å². The van der Waals surface area contributed by atoms with Crippen molar-refractivity contribution in [3.8, 4) is 0 Å². The summed E-state index contributed by atoms with van der Waals surface area (Å²) in [6.07, 6.45) is 0.866. The van der Waals surface area contributed by atoms with Crippen LogP contribution in [0, 0.1) is 0 Å². The molecule has 0 spiro atoms. The van der Waals surface area contributed by atoms with Crippen LogP contribution in [0.2, 0.25) is 0 Å². The van der Waals surface area contributed by atoms with Gasteiger partial charge in [0.25, 0.3) is 0 Å². The zero-order valence-corrected chi connectivity index (χ0v) is 8.11. The molecule has 3 N–H and O–H groups in total. The Bertz CT molecular complexity index is 155. The maximum atomic E-state index is 11.2. The second-order valence-electron chi connectivity index (χ2n) is 2.18. The molecule has 13 heavy (non-hydrogen) atoms. The van der Waals surface area contributed by atoms with E-state index in [0.717, 1.165) is 11.6 Å². The molecule has 0 aromatic carbocycles. The van der Waals surface area contributed by atoms with Gasteiger partial charge in [-0.05, 0) is 6.42 Å². The third-order valence-corrected chi connectivity index (χ3v) is 1.25. The molecule has 0 heterocycles. The van der Waals surface area contributed by atoms with Crippen molar-refractivity contribution in [3.05, 3.63) is 0 Å². The summed E-state index contributed by atoms with van der Waals surface area (Å²) in [6, 6.07) is -0.626.